The Bertz CT molecular complexity index is 1580. The van der Waals surface area contributed by atoms with E-state index in [-0.39, 0.29) is 12.2 Å². The Kier molecular flexibility index (Phi) is 8.32. The van der Waals surface area contributed by atoms with Crippen LogP contribution in [0, 0.1) is 6.92 Å². The summed E-state index contributed by atoms with van der Waals surface area (Å²) in [7, 11) is 1.61. The molecule has 1 aliphatic heterocycles. The molecule has 1 aliphatic rings. The summed E-state index contributed by atoms with van der Waals surface area (Å²) >= 11 is 1.29. The predicted molar refractivity (Wildman–Crippen MR) is 150 cm³/mol. The smallest absolute Gasteiger partial charge is 0.338 e. The fraction of sp³-hybridized carbons (Fsp3) is 0.300. The number of esters is 1. The molecule has 0 aliphatic carbocycles. The van der Waals surface area contributed by atoms with E-state index in [9.17, 15) is 9.59 Å². The molecule has 8 heteroatoms. The number of allylic oxidation sites excluding steroid dienone is 2. The van der Waals surface area contributed by atoms with Crippen LogP contribution in [-0.2, 0) is 16.0 Å². The Balaban J connectivity index is 1.94. The summed E-state index contributed by atoms with van der Waals surface area (Å²) in [5.41, 5.74) is 4.28. The minimum absolute atomic E-state index is 0.229. The molecule has 2 heterocycles. The van der Waals surface area contributed by atoms with Gasteiger partial charge in [-0.2, -0.15) is 0 Å². The highest BCUT2D eigenvalue weighted by molar-refractivity contribution is 7.07. The normalized spacial score (nSPS) is 15.1. The lowest BCUT2D eigenvalue weighted by molar-refractivity contribution is -0.139. The third-order valence-electron chi connectivity index (χ3n) is 6.23. The number of aromatic nitrogens is 1. The number of aryl methyl sites for hydroxylation is 1. The lowest BCUT2D eigenvalue weighted by Gasteiger charge is -2.24. The van der Waals surface area contributed by atoms with E-state index in [4.69, 9.17) is 14.2 Å². The zero-order valence-corrected chi connectivity index (χ0v) is 23.2. The Labute approximate surface area is 226 Å². The highest BCUT2D eigenvalue weighted by atomic mass is 32.1. The molecule has 0 fully saturated rings. The van der Waals surface area contributed by atoms with Crippen LogP contribution in [0.15, 0.2) is 70.1 Å². The van der Waals surface area contributed by atoms with E-state index in [2.05, 4.69) is 11.6 Å². The van der Waals surface area contributed by atoms with E-state index in [0.717, 1.165) is 22.3 Å². The van der Waals surface area contributed by atoms with Gasteiger partial charge in [0.05, 0.1) is 42.2 Å². The summed E-state index contributed by atoms with van der Waals surface area (Å²) in [4.78, 5) is 32.1. The molecule has 38 heavy (non-hydrogen) atoms. The van der Waals surface area contributed by atoms with Gasteiger partial charge in [-0.1, -0.05) is 47.2 Å². The van der Waals surface area contributed by atoms with Gasteiger partial charge in [0.15, 0.2) is 16.3 Å². The summed E-state index contributed by atoms with van der Waals surface area (Å²) in [5.74, 6) is 0.782. The second-order valence-electron chi connectivity index (χ2n) is 8.85. The number of ether oxygens (including phenoxy) is 3. The summed E-state index contributed by atoms with van der Waals surface area (Å²) in [6.07, 6.45) is 4.21. The fourth-order valence-corrected chi connectivity index (χ4v) is 5.62. The Morgan fingerprint density at radius 3 is 2.53 bits per heavy atom. The number of fused-ring (bicyclic) bond motifs is 1. The number of rotatable bonds is 9. The highest BCUT2D eigenvalue weighted by Gasteiger charge is 2.33. The SMILES string of the molecule is C=CCc1cc(/C=c2/sc3n(c2=O)[C@@H](c2ccc(C)cc2)C(C(=O)OCC)=C(C)N=3)cc(OCC)c1OC. The number of methoxy groups -OCH3 is 1. The molecule has 0 saturated heterocycles. The Hall–Kier alpha value is -3.91. The van der Waals surface area contributed by atoms with Crippen molar-refractivity contribution in [2.45, 2.75) is 40.2 Å². The summed E-state index contributed by atoms with van der Waals surface area (Å²) in [5, 5.41) is 0. The molecule has 2 aromatic carbocycles. The van der Waals surface area contributed by atoms with Crippen molar-refractivity contribution < 1.29 is 19.0 Å². The highest BCUT2D eigenvalue weighted by Crippen LogP contribution is 2.34. The van der Waals surface area contributed by atoms with Crippen molar-refractivity contribution in [3.8, 4) is 11.5 Å². The van der Waals surface area contributed by atoms with E-state index >= 15 is 0 Å². The van der Waals surface area contributed by atoms with Crippen molar-refractivity contribution in [1.29, 1.82) is 0 Å². The van der Waals surface area contributed by atoms with Crippen molar-refractivity contribution in [2.75, 3.05) is 20.3 Å². The van der Waals surface area contributed by atoms with Gasteiger partial charge in [0.25, 0.3) is 5.56 Å². The van der Waals surface area contributed by atoms with Gasteiger partial charge < -0.3 is 14.2 Å². The molecule has 0 spiro atoms. The van der Waals surface area contributed by atoms with Crippen LogP contribution >= 0.6 is 11.3 Å². The minimum Gasteiger partial charge on any atom is -0.493 e. The molecule has 0 radical (unpaired) electrons. The second kappa shape index (κ2) is 11.6. The van der Waals surface area contributed by atoms with Crippen LogP contribution in [0.1, 0.15) is 49.1 Å². The molecule has 1 aromatic heterocycles. The lowest BCUT2D eigenvalue weighted by Crippen LogP contribution is -2.39. The summed E-state index contributed by atoms with van der Waals surface area (Å²) in [6, 6.07) is 11.0. The van der Waals surface area contributed by atoms with E-state index < -0.39 is 12.0 Å². The average molecular weight is 533 g/mol. The standard InChI is InChI=1S/C30H32N2O5S/c1-7-10-22-15-20(16-23(36-8-2)27(22)35-6)17-24-28(33)32-26(21-13-11-18(4)12-14-21)25(29(34)37-9-3)19(5)31-30(32)38-24/h7,11-17,26H,1,8-10H2,2-6H3/b24-17+/t26-/m0/s1. The number of hydrogen-bond acceptors (Lipinski definition) is 7. The van der Waals surface area contributed by atoms with Crippen LogP contribution < -0.4 is 24.4 Å². The maximum atomic E-state index is 13.9. The first-order valence-corrected chi connectivity index (χ1v) is 13.3. The minimum atomic E-state index is -0.640. The molecule has 0 bridgehead atoms. The first kappa shape index (κ1) is 27.1. The number of hydrogen-bond donors (Lipinski definition) is 0. The molecule has 0 saturated carbocycles. The Morgan fingerprint density at radius 1 is 1.16 bits per heavy atom. The molecule has 0 unspecified atom stereocenters. The van der Waals surface area contributed by atoms with Gasteiger partial charge in [-0.3, -0.25) is 9.36 Å². The summed E-state index contributed by atoms with van der Waals surface area (Å²) < 4.78 is 18.9. The fourth-order valence-electron chi connectivity index (χ4n) is 4.58. The van der Waals surface area contributed by atoms with Gasteiger partial charge in [0, 0.05) is 5.56 Å². The molecular formula is C30H32N2O5S. The van der Waals surface area contributed by atoms with Crippen molar-refractivity contribution in [3.63, 3.8) is 0 Å². The van der Waals surface area contributed by atoms with Crippen molar-refractivity contribution >= 4 is 23.4 Å². The number of carbonyl (C=O) groups excluding carboxylic acids is 1. The molecule has 4 rings (SSSR count). The van der Waals surface area contributed by atoms with Gasteiger partial charge >= 0.3 is 5.97 Å². The first-order valence-electron chi connectivity index (χ1n) is 12.5. The third-order valence-corrected chi connectivity index (χ3v) is 7.21. The topological polar surface area (TPSA) is 79.1 Å². The molecule has 7 nitrogen and oxygen atoms in total. The van der Waals surface area contributed by atoms with Crippen molar-refractivity contribution in [1.82, 2.24) is 4.57 Å². The van der Waals surface area contributed by atoms with Crippen LogP contribution in [0.3, 0.4) is 0 Å². The monoisotopic (exact) mass is 532 g/mol. The molecule has 0 N–H and O–H groups in total. The number of thiazole rings is 1. The van der Waals surface area contributed by atoms with E-state index in [0.29, 0.717) is 45.1 Å². The second-order valence-corrected chi connectivity index (χ2v) is 9.86. The molecule has 198 valence electrons. The zero-order chi connectivity index (χ0) is 27.4. The molecule has 3 aromatic rings. The number of carbonyl (C=O) groups is 1. The zero-order valence-electron chi connectivity index (χ0n) is 22.4. The molecule has 0 amide bonds. The van der Waals surface area contributed by atoms with Gasteiger partial charge in [0.2, 0.25) is 0 Å². The first-order chi connectivity index (χ1) is 18.3. The van der Waals surface area contributed by atoms with E-state index in [1.165, 1.54) is 11.3 Å². The van der Waals surface area contributed by atoms with E-state index in [1.807, 2.05) is 56.3 Å². The van der Waals surface area contributed by atoms with Gasteiger partial charge in [-0.25, -0.2) is 9.79 Å². The average Bonchev–Trinajstić information content (AvgIpc) is 3.18. The van der Waals surface area contributed by atoms with Crippen LogP contribution in [0.5, 0.6) is 11.5 Å². The van der Waals surface area contributed by atoms with Crippen LogP contribution in [0.2, 0.25) is 0 Å². The van der Waals surface area contributed by atoms with Gasteiger partial charge in [-0.05, 0) is 63.5 Å². The summed E-state index contributed by atoms with van der Waals surface area (Å²) in [6.45, 7) is 12.0. The lowest BCUT2D eigenvalue weighted by atomic mass is 9.95. The van der Waals surface area contributed by atoms with Gasteiger partial charge in [-0.15, -0.1) is 6.58 Å². The molecule has 1 atom stereocenters. The predicted octanol–water partition coefficient (Wildman–Crippen LogP) is 4.24. The molecular weight excluding hydrogens is 500 g/mol. The van der Waals surface area contributed by atoms with Crippen LogP contribution in [-0.4, -0.2) is 30.9 Å². The largest absolute Gasteiger partial charge is 0.493 e. The quantitative estimate of drug-likeness (QED) is 0.304. The maximum Gasteiger partial charge on any atom is 0.338 e. The van der Waals surface area contributed by atoms with Crippen molar-refractivity contribution in [3.05, 3.63) is 102 Å². The third kappa shape index (κ3) is 5.22. The van der Waals surface area contributed by atoms with Crippen LogP contribution in [0.25, 0.3) is 6.08 Å². The number of benzene rings is 2. The van der Waals surface area contributed by atoms with Crippen molar-refractivity contribution in [2.24, 2.45) is 4.99 Å². The van der Waals surface area contributed by atoms with Gasteiger partial charge in [0.1, 0.15) is 0 Å². The van der Waals surface area contributed by atoms with Crippen LogP contribution in [0.4, 0.5) is 0 Å². The number of nitrogens with zero attached hydrogens (tertiary/aromatic N) is 2. The van der Waals surface area contributed by atoms with E-state index in [1.54, 1.807) is 31.6 Å². The Morgan fingerprint density at radius 2 is 1.89 bits per heavy atom. The maximum absolute atomic E-state index is 13.9.